The zero-order valence-electron chi connectivity index (χ0n) is 10.7. The van der Waals surface area contributed by atoms with Crippen LogP contribution >= 0.6 is 0 Å². The Hall–Kier alpha value is -2.06. The molecule has 1 aromatic rings. The highest BCUT2D eigenvalue weighted by Gasteiger charge is 2.17. The van der Waals surface area contributed by atoms with Crippen molar-refractivity contribution in [3.05, 3.63) is 29.3 Å². The van der Waals surface area contributed by atoms with Gasteiger partial charge in [0.1, 0.15) is 12.3 Å². The van der Waals surface area contributed by atoms with Crippen molar-refractivity contribution in [1.82, 2.24) is 5.32 Å². The van der Waals surface area contributed by atoms with Crippen LogP contribution in [0.15, 0.2) is 18.2 Å². The summed E-state index contributed by atoms with van der Waals surface area (Å²) in [7, 11) is 0. The number of rotatable bonds is 4. The number of nitriles is 1. The Bertz CT molecular complexity index is 508. The molecule has 0 spiro atoms. The van der Waals surface area contributed by atoms with Crippen LogP contribution in [0.1, 0.15) is 30.0 Å². The minimum atomic E-state index is -0.302. The molecule has 1 aliphatic rings. The van der Waals surface area contributed by atoms with E-state index < -0.39 is 0 Å². The number of ether oxygens (including phenoxy) is 1. The molecular weight excluding hydrogens is 242 g/mol. The number of hydrogen-bond acceptors (Lipinski definition) is 4. The van der Waals surface area contributed by atoms with Crippen LogP contribution in [0, 0.1) is 11.3 Å². The molecule has 2 rings (SSSR count). The molecule has 1 unspecified atom stereocenters. The number of carbonyl (C=O) groups is 1. The summed E-state index contributed by atoms with van der Waals surface area (Å²) < 4.78 is 5.40. The van der Waals surface area contributed by atoms with Gasteiger partial charge < -0.3 is 15.8 Å². The smallest absolute Gasteiger partial charge is 0.258 e. The van der Waals surface area contributed by atoms with E-state index in [4.69, 9.17) is 15.7 Å². The van der Waals surface area contributed by atoms with Crippen LogP contribution in [-0.4, -0.2) is 19.1 Å². The predicted octanol–water partition coefficient (Wildman–Crippen LogP) is 1.04. The number of benzene rings is 1. The van der Waals surface area contributed by atoms with Gasteiger partial charge in [-0.25, -0.2) is 0 Å². The first kappa shape index (κ1) is 13.4. The average Bonchev–Trinajstić information content (AvgIpc) is 2.43. The molecule has 0 fully saturated rings. The SMILES string of the molecule is N#CCNC(=O)COc1ccc2c(c1)C(N)CCC2. The standard InChI is InChI=1S/C14H17N3O2/c15-6-7-17-14(18)9-19-11-5-4-10-2-1-3-13(16)12(10)8-11/h4-5,8,13H,1-3,7,9,16H2,(H,17,18). The summed E-state index contributed by atoms with van der Waals surface area (Å²) in [4.78, 5) is 11.3. The van der Waals surface area contributed by atoms with Crippen molar-refractivity contribution in [2.24, 2.45) is 5.73 Å². The van der Waals surface area contributed by atoms with Gasteiger partial charge in [0.2, 0.25) is 0 Å². The van der Waals surface area contributed by atoms with Crippen LogP contribution in [0.4, 0.5) is 0 Å². The lowest BCUT2D eigenvalue weighted by Gasteiger charge is -2.22. The fourth-order valence-electron chi connectivity index (χ4n) is 2.24. The van der Waals surface area contributed by atoms with E-state index in [1.54, 1.807) is 0 Å². The van der Waals surface area contributed by atoms with Gasteiger partial charge in [-0.3, -0.25) is 4.79 Å². The van der Waals surface area contributed by atoms with Crippen LogP contribution in [0.3, 0.4) is 0 Å². The normalized spacial score (nSPS) is 17.2. The Kier molecular flexibility index (Phi) is 4.37. The lowest BCUT2D eigenvalue weighted by atomic mass is 9.88. The van der Waals surface area contributed by atoms with Crippen LogP contribution < -0.4 is 15.8 Å². The largest absolute Gasteiger partial charge is 0.484 e. The van der Waals surface area contributed by atoms with Crippen molar-refractivity contribution < 1.29 is 9.53 Å². The fraction of sp³-hybridized carbons (Fsp3) is 0.429. The molecule has 1 amide bonds. The maximum atomic E-state index is 11.3. The maximum absolute atomic E-state index is 11.3. The second-order valence-electron chi connectivity index (χ2n) is 4.58. The molecule has 0 aromatic heterocycles. The monoisotopic (exact) mass is 259 g/mol. The van der Waals surface area contributed by atoms with Crippen LogP contribution in [-0.2, 0) is 11.2 Å². The topological polar surface area (TPSA) is 88.1 Å². The number of nitrogens with two attached hydrogens (primary N) is 1. The summed E-state index contributed by atoms with van der Waals surface area (Å²) in [6.45, 7) is -0.0903. The number of carbonyl (C=O) groups excluding carboxylic acids is 1. The number of aryl methyl sites for hydroxylation is 1. The molecule has 3 N–H and O–H groups in total. The van der Waals surface area contributed by atoms with E-state index in [-0.39, 0.29) is 25.1 Å². The van der Waals surface area contributed by atoms with Crippen molar-refractivity contribution >= 4 is 5.91 Å². The first-order chi connectivity index (χ1) is 9.20. The van der Waals surface area contributed by atoms with Gasteiger partial charge in [-0.15, -0.1) is 0 Å². The Morgan fingerprint density at radius 1 is 1.58 bits per heavy atom. The van der Waals surface area contributed by atoms with Crippen molar-refractivity contribution in [2.45, 2.75) is 25.3 Å². The van der Waals surface area contributed by atoms with E-state index in [1.807, 2.05) is 24.3 Å². The molecule has 1 aliphatic carbocycles. The number of nitrogens with zero attached hydrogens (tertiary/aromatic N) is 1. The molecule has 0 heterocycles. The van der Waals surface area contributed by atoms with E-state index in [1.165, 1.54) is 5.56 Å². The third-order valence-corrected chi connectivity index (χ3v) is 3.21. The summed E-state index contributed by atoms with van der Waals surface area (Å²) in [5, 5.41) is 10.8. The van der Waals surface area contributed by atoms with Gasteiger partial charge in [-0.05, 0) is 42.5 Å². The molecule has 19 heavy (non-hydrogen) atoms. The minimum absolute atomic E-state index is 0.00272. The number of amides is 1. The van der Waals surface area contributed by atoms with E-state index >= 15 is 0 Å². The van der Waals surface area contributed by atoms with Gasteiger partial charge in [0.25, 0.3) is 5.91 Å². The summed E-state index contributed by atoms with van der Waals surface area (Å²) in [6.07, 6.45) is 3.15. The Labute approximate surface area is 112 Å². The quantitative estimate of drug-likeness (QED) is 0.791. The van der Waals surface area contributed by atoms with Gasteiger partial charge in [0.05, 0.1) is 6.07 Å². The molecule has 0 saturated heterocycles. The molecule has 5 nitrogen and oxygen atoms in total. The average molecular weight is 259 g/mol. The van der Waals surface area contributed by atoms with E-state index in [2.05, 4.69) is 5.32 Å². The zero-order valence-corrected chi connectivity index (χ0v) is 10.7. The number of nitrogens with one attached hydrogen (secondary N) is 1. The summed E-state index contributed by atoms with van der Waals surface area (Å²) >= 11 is 0. The molecule has 1 aromatic carbocycles. The second kappa shape index (κ2) is 6.21. The molecule has 0 saturated carbocycles. The van der Waals surface area contributed by atoms with Crippen molar-refractivity contribution in [1.29, 1.82) is 5.26 Å². The molecular formula is C14H17N3O2. The summed E-state index contributed by atoms with van der Waals surface area (Å²) in [5.74, 6) is 0.340. The summed E-state index contributed by atoms with van der Waals surface area (Å²) in [6, 6.07) is 7.67. The third kappa shape index (κ3) is 3.46. The van der Waals surface area contributed by atoms with E-state index in [0.29, 0.717) is 5.75 Å². The first-order valence-corrected chi connectivity index (χ1v) is 6.35. The molecule has 0 radical (unpaired) electrons. The molecule has 1 atom stereocenters. The lowest BCUT2D eigenvalue weighted by Crippen LogP contribution is -2.29. The lowest BCUT2D eigenvalue weighted by molar-refractivity contribution is -0.122. The molecule has 0 aliphatic heterocycles. The van der Waals surface area contributed by atoms with E-state index in [9.17, 15) is 4.79 Å². The second-order valence-corrected chi connectivity index (χ2v) is 4.58. The van der Waals surface area contributed by atoms with Gasteiger partial charge in [-0.2, -0.15) is 5.26 Å². The molecule has 5 heteroatoms. The maximum Gasteiger partial charge on any atom is 0.258 e. The van der Waals surface area contributed by atoms with Crippen molar-refractivity contribution in [3.63, 3.8) is 0 Å². The fourth-order valence-corrected chi connectivity index (χ4v) is 2.24. The number of fused-ring (bicyclic) bond motifs is 1. The van der Waals surface area contributed by atoms with Gasteiger partial charge in [0.15, 0.2) is 6.61 Å². The summed E-state index contributed by atoms with van der Waals surface area (Å²) in [5.41, 5.74) is 8.44. The zero-order chi connectivity index (χ0) is 13.7. The number of hydrogen-bond donors (Lipinski definition) is 2. The Morgan fingerprint density at radius 2 is 2.42 bits per heavy atom. The Balaban J connectivity index is 1.97. The van der Waals surface area contributed by atoms with Crippen molar-refractivity contribution in [2.75, 3.05) is 13.2 Å². The first-order valence-electron chi connectivity index (χ1n) is 6.35. The van der Waals surface area contributed by atoms with Crippen LogP contribution in [0.25, 0.3) is 0 Å². The van der Waals surface area contributed by atoms with E-state index in [0.717, 1.165) is 24.8 Å². The van der Waals surface area contributed by atoms with Crippen LogP contribution in [0.5, 0.6) is 5.75 Å². The highest BCUT2D eigenvalue weighted by atomic mass is 16.5. The van der Waals surface area contributed by atoms with Crippen LogP contribution in [0.2, 0.25) is 0 Å². The van der Waals surface area contributed by atoms with Crippen molar-refractivity contribution in [3.8, 4) is 11.8 Å². The third-order valence-electron chi connectivity index (χ3n) is 3.21. The highest BCUT2D eigenvalue weighted by molar-refractivity contribution is 5.77. The van der Waals surface area contributed by atoms with Gasteiger partial charge in [0, 0.05) is 6.04 Å². The highest BCUT2D eigenvalue weighted by Crippen LogP contribution is 2.30. The van der Waals surface area contributed by atoms with Gasteiger partial charge >= 0.3 is 0 Å². The predicted molar refractivity (Wildman–Crippen MR) is 70.4 cm³/mol. The van der Waals surface area contributed by atoms with Gasteiger partial charge in [-0.1, -0.05) is 6.07 Å². The minimum Gasteiger partial charge on any atom is -0.484 e. The Morgan fingerprint density at radius 3 is 3.21 bits per heavy atom. The molecule has 100 valence electrons. The molecule has 0 bridgehead atoms.